The van der Waals surface area contributed by atoms with E-state index in [2.05, 4.69) is 10.3 Å². The van der Waals surface area contributed by atoms with Crippen LogP contribution in [-0.4, -0.2) is 55.2 Å². The van der Waals surface area contributed by atoms with Crippen molar-refractivity contribution >= 4 is 22.8 Å². The number of aromatic nitrogens is 2. The van der Waals surface area contributed by atoms with Crippen LogP contribution >= 0.6 is 0 Å². The van der Waals surface area contributed by atoms with Crippen molar-refractivity contribution in [1.29, 1.82) is 0 Å². The zero-order chi connectivity index (χ0) is 25.9. The number of hydrogen-bond donors (Lipinski definition) is 3. The molecule has 3 aromatic rings. The molecule has 0 saturated carbocycles. The minimum Gasteiger partial charge on any atom is -0.380 e. The fraction of sp³-hybridized carbons (Fsp3) is 0.400. The lowest BCUT2D eigenvalue weighted by Gasteiger charge is -2.22. The Bertz CT molecular complexity index is 1220. The van der Waals surface area contributed by atoms with E-state index in [0.717, 1.165) is 15.7 Å². The molecule has 3 N–H and O–H groups in total. The highest BCUT2D eigenvalue weighted by Crippen LogP contribution is 2.31. The number of unbranched alkanes of at least 4 members (excludes halogenated alkanes) is 2. The van der Waals surface area contributed by atoms with E-state index in [-0.39, 0.29) is 18.6 Å². The van der Waals surface area contributed by atoms with Crippen molar-refractivity contribution in [3.63, 3.8) is 0 Å². The van der Waals surface area contributed by atoms with Crippen molar-refractivity contribution in [2.75, 3.05) is 6.54 Å². The topological polar surface area (TPSA) is 108 Å². The molecule has 0 unspecified atom stereocenters. The smallest absolute Gasteiger partial charge is 0.380 e. The first-order valence-corrected chi connectivity index (χ1v) is 11.7. The van der Waals surface area contributed by atoms with Crippen LogP contribution in [0.25, 0.3) is 11.0 Å². The summed E-state index contributed by atoms with van der Waals surface area (Å²) in [5, 5.41) is 22.8. The van der Waals surface area contributed by atoms with Crippen molar-refractivity contribution in [1.82, 2.24) is 19.8 Å². The number of para-hydroxylation sites is 2. The van der Waals surface area contributed by atoms with Gasteiger partial charge in [-0.2, -0.15) is 13.2 Å². The van der Waals surface area contributed by atoms with E-state index < -0.39 is 36.0 Å². The minimum atomic E-state index is -4.57. The van der Waals surface area contributed by atoms with E-state index in [1.807, 2.05) is 24.3 Å². The Morgan fingerprint density at radius 1 is 0.944 bits per heavy atom. The van der Waals surface area contributed by atoms with Crippen molar-refractivity contribution in [2.24, 2.45) is 0 Å². The first kappa shape index (κ1) is 25.6. The number of benzene rings is 2. The van der Waals surface area contributed by atoms with Gasteiger partial charge in [-0.25, -0.2) is 4.98 Å². The lowest BCUT2D eigenvalue weighted by atomic mass is 10.1. The predicted molar refractivity (Wildman–Crippen MR) is 124 cm³/mol. The van der Waals surface area contributed by atoms with Gasteiger partial charge in [-0.3, -0.25) is 9.59 Å². The number of halogens is 3. The third-order valence-corrected chi connectivity index (χ3v) is 6.24. The molecule has 2 aromatic carbocycles. The summed E-state index contributed by atoms with van der Waals surface area (Å²) in [6, 6.07) is 13.8. The van der Waals surface area contributed by atoms with Crippen molar-refractivity contribution in [2.45, 2.75) is 57.3 Å². The van der Waals surface area contributed by atoms with Crippen LogP contribution < -0.4 is 5.32 Å². The van der Waals surface area contributed by atoms with Gasteiger partial charge in [0, 0.05) is 26.2 Å². The Labute approximate surface area is 205 Å². The second-order valence-corrected chi connectivity index (χ2v) is 8.78. The zero-order valence-electron chi connectivity index (χ0n) is 19.4. The van der Waals surface area contributed by atoms with Gasteiger partial charge < -0.3 is 25.0 Å². The van der Waals surface area contributed by atoms with Crippen LogP contribution in [0.2, 0.25) is 0 Å². The number of alkyl halides is 3. The van der Waals surface area contributed by atoms with E-state index in [4.69, 9.17) is 0 Å². The van der Waals surface area contributed by atoms with Gasteiger partial charge in [0.2, 0.25) is 5.82 Å². The summed E-state index contributed by atoms with van der Waals surface area (Å²) in [6.07, 6.45) is -7.02. The number of nitrogens with zero attached hydrogens (tertiary/aromatic N) is 3. The van der Waals surface area contributed by atoms with E-state index >= 15 is 0 Å². The Morgan fingerprint density at radius 2 is 1.58 bits per heavy atom. The summed E-state index contributed by atoms with van der Waals surface area (Å²) in [7, 11) is 0. The maximum Gasteiger partial charge on any atom is 0.449 e. The molecule has 0 saturated heterocycles. The van der Waals surface area contributed by atoms with Crippen LogP contribution in [0.15, 0.2) is 48.5 Å². The van der Waals surface area contributed by atoms with Gasteiger partial charge in [0.05, 0.1) is 11.0 Å². The number of hydrogen-bond acceptors (Lipinski definition) is 5. The number of carbonyl (C=O) groups excluding carboxylic acids is 2. The zero-order valence-corrected chi connectivity index (χ0v) is 19.4. The summed E-state index contributed by atoms with van der Waals surface area (Å²) in [4.78, 5) is 29.8. The maximum absolute atomic E-state index is 13.4. The number of aryl methyl sites for hydroxylation is 1. The highest BCUT2D eigenvalue weighted by atomic mass is 19.4. The number of carbonyl (C=O) groups is 2. The number of imidazole rings is 1. The fourth-order valence-corrected chi connectivity index (χ4v) is 4.36. The molecule has 0 bridgehead atoms. The maximum atomic E-state index is 13.4. The number of nitrogens with one attached hydrogen (secondary N) is 1. The van der Waals surface area contributed by atoms with Gasteiger partial charge in [-0.1, -0.05) is 36.4 Å². The molecule has 0 spiro atoms. The average molecular weight is 505 g/mol. The molecule has 11 heteroatoms. The van der Waals surface area contributed by atoms with Gasteiger partial charge in [0.25, 0.3) is 11.8 Å². The Morgan fingerprint density at radius 3 is 2.25 bits per heavy atom. The monoisotopic (exact) mass is 504 g/mol. The van der Waals surface area contributed by atoms with E-state index in [1.165, 1.54) is 11.0 Å². The number of aliphatic hydroxyl groups is 2. The standard InChI is InChI=1S/C25H27F3N4O4/c26-25(27,28)24-30-18-10-4-5-11-19(18)32(24)13-7-1-6-12-29-22(35)20(33)21(34)23(36)31-14-16-8-2-3-9-17(16)15-31/h2-5,8-11,20-21,33-34H,1,6-7,12-15H2,(H,29,35)/t20-,21-/m1/s1. The molecular weight excluding hydrogens is 477 g/mol. The molecule has 1 aliphatic heterocycles. The summed E-state index contributed by atoms with van der Waals surface area (Å²) in [5.41, 5.74) is 2.57. The summed E-state index contributed by atoms with van der Waals surface area (Å²) in [6.45, 7) is 0.839. The largest absolute Gasteiger partial charge is 0.449 e. The van der Waals surface area contributed by atoms with Crippen molar-refractivity contribution < 1.29 is 33.0 Å². The Balaban J connectivity index is 1.21. The van der Waals surface area contributed by atoms with Crippen LogP contribution in [-0.2, 0) is 35.4 Å². The second-order valence-electron chi connectivity index (χ2n) is 8.78. The molecule has 2 amide bonds. The van der Waals surface area contributed by atoms with E-state index in [0.29, 0.717) is 37.9 Å². The molecule has 0 radical (unpaired) electrons. The normalized spacial score (nSPS) is 15.1. The first-order valence-electron chi connectivity index (χ1n) is 11.7. The lowest BCUT2D eigenvalue weighted by molar-refractivity contribution is -0.153. The van der Waals surface area contributed by atoms with Crippen LogP contribution in [0, 0.1) is 0 Å². The Kier molecular flexibility index (Phi) is 7.60. The highest BCUT2D eigenvalue weighted by molar-refractivity contribution is 5.90. The average Bonchev–Trinajstić information content (AvgIpc) is 3.46. The van der Waals surface area contributed by atoms with Gasteiger partial charge in [0.15, 0.2) is 12.2 Å². The quantitative estimate of drug-likeness (QED) is 0.389. The highest BCUT2D eigenvalue weighted by Gasteiger charge is 2.37. The number of amides is 2. The molecule has 2 heterocycles. The molecule has 0 aliphatic carbocycles. The third kappa shape index (κ3) is 5.52. The molecule has 36 heavy (non-hydrogen) atoms. The summed E-state index contributed by atoms with van der Waals surface area (Å²) < 4.78 is 41.3. The number of fused-ring (bicyclic) bond motifs is 2. The van der Waals surface area contributed by atoms with E-state index in [9.17, 15) is 33.0 Å². The third-order valence-electron chi connectivity index (χ3n) is 6.24. The van der Waals surface area contributed by atoms with Gasteiger partial charge in [0.1, 0.15) is 0 Å². The molecular formula is C25H27F3N4O4. The van der Waals surface area contributed by atoms with Crippen LogP contribution in [0.1, 0.15) is 36.2 Å². The SMILES string of the molecule is O=C(NCCCCCn1c(C(F)(F)F)nc2ccccc21)[C@H](O)[C@@H](O)C(=O)N1Cc2ccccc2C1. The fourth-order valence-electron chi connectivity index (χ4n) is 4.36. The van der Waals surface area contributed by atoms with Crippen LogP contribution in [0.4, 0.5) is 13.2 Å². The Hall–Kier alpha value is -3.44. The molecule has 1 aromatic heterocycles. The van der Waals surface area contributed by atoms with E-state index in [1.54, 1.807) is 18.2 Å². The molecule has 2 atom stereocenters. The van der Waals surface area contributed by atoms with Crippen LogP contribution in [0.5, 0.6) is 0 Å². The molecule has 0 fully saturated rings. The van der Waals surface area contributed by atoms with Gasteiger partial charge >= 0.3 is 6.18 Å². The van der Waals surface area contributed by atoms with Crippen LogP contribution in [0.3, 0.4) is 0 Å². The number of rotatable bonds is 9. The van der Waals surface area contributed by atoms with Gasteiger partial charge in [-0.15, -0.1) is 0 Å². The minimum absolute atomic E-state index is 0.108. The molecule has 8 nitrogen and oxygen atoms in total. The molecule has 4 rings (SSSR count). The molecule has 1 aliphatic rings. The van der Waals surface area contributed by atoms with Crippen molar-refractivity contribution in [3.8, 4) is 0 Å². The lowest BCUT2D eigenvalue weighted by Crippen LogP contribution is -2.49. The summed E-state index contributed by atoms with van der Waals surface area (Å²) in [5.74, 6) is -2.56. The predicted octanol–water partition coefficient (Wildman–Crippen LogP) is 2.61. The first-order chi connectivity index (χ1) is 17.2. The second kappa shape index (κ2) is 10.7. The molecule has 192 valence electrons. The van der Waals surface area contributed by atoms with Gasteiger partial charge in [-0.05, 0) is 42.5 Å². The van der Waals surface area contributed by atoms with Crippen molar-refractivity contribution in [3.05, 3.63) is 65.5 Å². The summed E-state index contributed by atoms with van der Waals surface area (Å²) >= 11 is 0. The number of aliphatic hydroxyl groups excluding tert-OH is 2.